The quantitative estimate of drug-likeness (QED) is 0.724. The normalized spacial score (nSPS) is 17.9. The van der Waals surface area contributed by atoms with Crippen molar-refractivity contribution in [1.82, 2.24) is 20.1 Å². The lowest BCUT2D eigenvalue weighted by atomic mass is 9.68. The molecule has 1 aliphatic rings. The summed E-state index contributed by atoms with van der Waals surface area (Å²) in [4.78, 5) is 11.9. The van der Waals surface area contributed by atoms with Crippen LogP contribution in [0, 0.1) is 5.41 Å². The Labute approximate surface area is 94.2 Å². The predicted molar refractivity (Wildman–Crippen MR) is 58.2 cm³/mol. The fourth-order valence-corrected chi connectivity index (χ4v) is 1.94. The van der Waals surface area contributed by atoms with Gasteiger partial charge in [0.15, 0.2) is 5.82 Å². The number of aryl methyl sites for hydroxylation is 1. The third-order valence-electron chi connectivity index (χ3n) is 3.40. The molecule has 1 saturated carbocycles. The summed E-state index contributed by atoms with van der Waals surface area (Å²) in [5.74, 6) is 0.795. The molecule has 1 aromatic rings. The van der Waals surface area contributed by atoms with Gasteiger partial charge in [-0.2, -0.15) is 0 Å². The minimum atomic E-state index is -0.321. The van der Waals surface area contributed by atoms with Crippen LogP contribution in [0.1, 0.15) is 25.1 Å². The maximum absolute atomic E-state index is 11.9. The molecule has 88 valence electrons. The smallest absolute Gasteiger partial charge is 0.227 e. The van der Waals surface area contributed by atoms with Gasteiger partial charge in [0.2, 0.25) is 5.91 Å². The number of carbonyl (C=O) groups excluding carboxylic acids is 1. The molecule has 0 atom stereocenters. The molecule has 0 spiro atoms. The molecule has 1 aliphatic carbocycles. The van der Waals surface area contributed by atoms with Gasteiger partial charge in [0.05, 0.1) is 12.0 Å². The van der Waals surface area contributed by atoms with Crippen molar-refractivity contribution in [3.05, 3.63) is 12.2 Å². The van der Waals surface area contributed by atoms with Crippen LogP contribution in [-0.2, 0) is 18.4 Å². The number of nitrogens with zero attached hydrogens (tertiary/aromatic N) is 3. The average Bonchev–Trinajstić information content (AvgIpc) is 2.60. The zero-order valence-corrected chi connectivity index (χ0v) is 9.44. The Kier molecular flexibility index (Phi) is 2.91. The second-order valence-electron chi connectivity index (χ2n) is 4.38. The standard InChI is InChI=1S/C10H17N5O/c1-15-7-13-14-8(15)5-12-9(16)10(6-11)3-2-4-10/h7H,2-6,11H2,1H3,(H,12,16). The van der Waals surface area contributed by atoms with Gasteiger partial charge in [-0.1, -0.05) is 6.42 Å². The van der Waals surface area contributed by atoms with Gasteiger partial charge in [-0.15, -0.1) is 10.2 Å². The molecule has 0 unspecified atom stereocenters. The summed E-state index contributed by atoms with van der Waals surface area (Å²) < 4.78 is 1.79. The topological polar surface area (TPSA) is 85.8 Å². The maximum Gasteiger partial charge on any atom is 0.227 e. The van der Waals surface area contributed by atoms with E-state index in [1.807, 2.05) is 7.05 Å². The number of hydrogen-bond acceptors (Lipinski definition) is 4. The van der Waals surface area contributed by atoms with E-state index in [9.17, 15) is 4.79 Å². The first-order valence-electron chi connectivity index (χ1n) is 5.49. The molecule has 0 bridgehead atoms. The summed E-state index contributed by atoms with van der Waals surface area (Å²) in [6.45, 7) is 0.842. The first-order valence-corrected chi connectivity index (χ1v) is 5.49. The van der Waals surface area contributed by atoms with Crippen molar-refractivity contribution in [2.24, 2.45) is 18.2 Å². The summed E-state index contributed by atoms with van der Waals surface area (Å²) in [5, 5.41) is 10.5. The highest BCUT2D eigenvalue weighted by Gasteiger charge is 2.42. The van der Waals surface area contributed by atoms with Crippen molar-refractivity contribution in [2.75, 3.05) is 6.54 Å². The highest BCUT2D eigenvalue weighted by molar-refractivity contribution is 5.83. The van der Waals surface area contributed by atoms with E-state index in [0.29, 0.717) is 13.1 Å². The van der Waals surface area contributed by atoms with E-state index in [-0.39, 0.29) is 11.3 Å². The van der Waals surface area contributed by atoms with E-state index >= 15 is 0 Å². The zero-order valence-electron chi connectivity index (χ0n) is 9.44. The molecular weight excluding hydrogens is 206 g/mol. The highest BCUT2D eigenvalue weighted by Crippen LogP contribution is 2.39. The Hall–Kier alpha value is -1.43. The monoisotopic (exact) mass is 223 g/mol. The summed E-state index contributed by atoms with van der Waals surface area (Å²) in [5.41, 5.74) is 5.33. The minimum Gasteiger partial charge on any atom is -0.348 e. The van der Waals surface area contributed by atoms with E-state index in [2.05, 4.69) is 15.5 Å². The molecule has 16 heavy (non-hydrogen) atoms. The number of carbonyl (C=O) groups is 1. The van der Waals surface area contributed by atoms with Crippen molar-refractivity contribution < 1.29 is 4.79 Å². The van der Waals surface area contributed by atoms with Crippen molar-refractivity contribution >= 4 is 5.91 Å². The van der Waals surface area contributed by atoms with Crippen molar-refractivity contribution in [2.45, 2.75) is 25.8 Å². The Morgan fingerprint density at radius 2 is 2.44 bits per heavy atom. The first kappa shape index (κ1) is 11.1. The first-order chi connectivity index (χ1) is 7.68. The van der Waals surface area contributed by atoms with E-state index in [4.69, 9.17) is 5.73 Å². The fraction of sp³-hybridized carbons (Fsp3) is 0.700. The van der Waals surface area contributed by atoms with Crippen LogP contribution in [-0.4, -0.2) is 27.2 Å². The zero-order chi connectivity index (χ0) is 11.6. The number of nitrogens with one attached hydrogen (secondary N) is 1. The van der Waals surface area contributed by atoms with Crippen LogP contribution >= 0.6 is 0 Å². The largest absolute Gasteiger partial charge is 0.348 e. The van der Waals surface area contributed by atoms with Gasteiger partial charge in [0, 0.05) is 13.6 Å². The van der Waals surface area contributed by atoms with Gasteiger partial charge in [-0.05, 0) is 12.8 Å². The lowest BCUT2D eigenvalue weighted by Crippen LogP contribution is -2.50. The van der Waals surface area contributed by atoms with Gasteiger partial charge in [-0.3, -0.25) is 4.79 Å². The third kappa shape index (κ3) is 1.80. The number of rotatable bonds is 4. The molecule has 1 aromatic heterocycles. The lowest BCUT2D eigenvalue weighted by Gasteiger charge is -2.38. The second-order valence-corrected chi connectivity index (χ2v) is 4.38. The van der Waals surface area contributed by atoms with Gasteiger partial charge in [0.1, 0.15) is 6.33 Å². The molecule has 6 heteroatoms. The molecule has 1 amide bonds. The molecule has 0 aliphatic heterocycles. The predicted octanol–water partition coefficient (Wildman–Crippen LogP) is -0.440. The van der Waals surface area contributed by atoms with Crippen LogP contribution < -0.4 is 11.1 Å². The van der Waals surface area contributed by atoms with Gasteiger partial charge in [-0.25, -0.2) is 0 Å². The SMILES string of the molecule is Cn1cnnc1CNC(=O)C1(CN)CCC1. The van der Waals surface area contributed by atoms with E-state index in [1.54, 1.807) is 10.9 Å². The van der Waals surface area contributed by atoms with Crippen molar-refractivity contribution in [1.29, 1.82) is 0 Å². The van der Waals surface area contributed by atoms with Crippen LogP contribution in [0.4, 0.5) is 0 Å². The molecule has 0 aromatic carbocycles. The highest BCUT2D eigenvalue weighted by atomic mass is 16.2. The third-order valence-corrected chi connectivity index (χ3v) is 3.40. The molecular formula is C10H17N5O. The summed E-state index contributed by atoms with van der Waals surface area (Å²) in [7, 11) is 1.85. The van der Waals surface area contributed by atoms with Gasteiger partial charge >= 0.3 is 0 Å². The van der Waals surface area contributed by atoms with E-state index < -0.39 is 0 Å². The number of aromatic nitrogens is 3. The Bertz CT molecular complexity index is 377. The molecule has 6 nitrogen and oxygen atoms in total. The molecule has 0 saturated heterocycles. The molecule has 1 heterocycles. The lowest BCUT2D eigenvalue weighted by molar-refractivity contribution is -0.135. The van der Waals surface area contributed by atoms with Crippen LogP contribution in [0.3, 0.4) is 0 Å². The molecule has 2 rings (SSSR count). The molecule has 0 radical (unpaired) electrons. The van der Waals surface area contributed by atoms with Crippen LogP contribution in [0.5, 0.6) is 0 Å². The maximum atomic E-state index is 11.9. The van der Waals surface area contributed by atoms with E-state index in [0.717, 1.165) is 25.1 Å². The Balaban J connectivity index is 1.91. The Morgan fingerprint density at radius 3 is 2.88 bits per heavy atom. The number of amides is 1. The van der Waals surface area contributed by atoms with Crippen molar-refractivity contribution in [3.8, 4) is 0 Å². The second kappa shape index (κ2) is 4.21. The Morgan fingerprint density at radius 1 is 1.69 bits per heavy atom. The summed E-state index contributed by atoms with van der Waals surface area (Å²) >= 11 is 0. The van der Waals surface area contributed by atoms with Crippen LogP contribution in [0.2, 0.25) is 0 Å². The summed E-state index contributed by atoms with van der Waals surface area (Å²) in [6, 6.07) is 0. The van der Waals surface area contributed by atoms with Gasteiger partial charge < -0.3 is 15.6 Å². The van der Waals surface area contributed by atoms with E-state index in [1.165, 1.54) is 0 Å². The number of hydrogen-bond donors (Lipinski definition) is 2. The number of nitrogens with two attached hydrogens (primary N) is 1. The average molecular weight is 223 g/mol. The van der Waals surface area contributed by atoms with Crippen molar-refractivity contribution in [3.63, 3.8) is 0 Å². The molecule has 3 N–H and O–H groups in total. The minimum absolute atomic E-state index is 0.0456. The van der Waals surface area contributed by atoms with Crippen LogP contribution in [0.25, 0.3) is 0 Å². The van der Waals surface area contributed by atoms with Crippen LogP contribution in [0.15, 0.2) is 6.33 Å². The molecule has 1 fully saturated rings. The summed E-state index contributed by atoms with van der Waals surface area (Å²) in [6.07, 6.45) is 4.50. The fourth-order valence-electron chi connectivity index (χ4n) is 1.94. The van der Waals surface area contributed by atoms with Gasteiger partial charge in [0.25, 0.3) is 0 Å².